The van der Waals surface area contributed by atoms with E-state index in [0.29, 0.717) is 45.1 Å². The van der Waals surface area contributed by atoms with E-state index in [2.05, 4.69) is 13.2 Å². The standard InChI is InChI=1S/C42H67NO11/c1-22-6-7-25-10-12-34-23(2)14-27(51-34)9-8-26(47-3)17-33(45)30-19-32-39(46)42-35(54-40(30)32)13-11-28(52-42)15-24(44)16-31-37(20-36(22)50-25)53-38(41(31)49-5)18-29(21-43)48-4/h25-42,45-46H,1-2,6-21,43H2,3-5H3/t25-,26-,27+,28-,29+,30+,31+,32?,33-,34+,35?,36-,37+,38-,39-,40?,41-,42+/m1/s1. The molecule has 54 heavy (non-hydrogen) atoms. The Morgan fingerprint density at radius 3 is 2.24 bits per heavy atom. The molecule has 0 amide bonds. The van der Waals surface area contributed by atoms with E-state index in [0.717, 1.165) is 56.1 Å². The molecule has 12 heteroatoms. The summed E-state index contributed by atoms with van der Waals surface area (Å²) in [5.41, 5.74) is 8.21. The molecule has 7 heterocycles. The van der Waals surface area contributed by atoms with Crippen molar-refractivity contribution in [1.82, 2.24) is 0 Å². The largest absolute Gasteiger partial charge is 0.393 e. The zero-order valence-corrected chi connectivity index (χ0v) is 32.8. The number of aliphatic hydroxyl groups excluding tert-OH is 2. The lowest BCUT2D eigenvalue weighted by Crippen LogP contribution is -2.66. The molecule has 0 aromatic rings. The number of nitrogens with two attached hydrogens (primary N) is 1. The van der Waals surface area contributed by atoms with Crippen LogP contribution in [0.1, 0.15) is 96.3 Å². The van der Waals surface area contributed by atoms with Gasteiger partial charge in [-0.3, -0.25) is 4.79 Å². The number of ketones is 1. The van der Waals surface area contributed by atoms with Crippen LogP contribution in [0.2, 0.25) is 0 Å². The molecule has 18 atom stereocenters. The van der Waals surface area contributed by atoms with Crippen LogP contribution in [0.5, 0.6) is 0 Å². The average molecular weight is 762 g/mol. The van der Waals surface area contributed by atoms with E-state index < -0.39 is 18.3 Å². The second-order valence-electron chi connectivity index (χ2n) is 17.5. The summed E-state index contributed by atoms with van der Waals surface area (Å²) in [6.07, 6.45) is 6.32. The third-order valence-corrected chi connectivity index (χ3v) is 14.1. The van der Waals surface area contributed by atoms with Gasteiger partial charge in [0.25, 0.3) is 0 Å². The summed E-state index contributed by atoms with van der Waals surface area (Å²) in [7, 11) is 5.05. The normalized spacial score (nSPS) is 47.0. The van der Waals surface area contributed by atoms with Gasteiger partial charge in [0.1, 0.15) is 11.9 Å². The second-order valence-corrected chi connectivity index (χ2v) is 17.5. The fourth-order valence-corrected chi connectivity index (χ4v) is 10.9. The van der Waals surface area contributed by atoms with Gasteiger partial charge in [0, 0.05) is 71.3 Å². The van der Waals surface area contributed by atoms with E-state index in [1.54, 1.807) is 21.3 Å². The number of carbonyl (C=O) groups excluding carboxylic acids is 1. The van der Waals surface area contributed by atoms with Crippen LogP contribution >= 0.6 is 0 Å². The van der Waals surface area contributed by atoms with Crippen molar-refractivity contribution in [2.24, 2.45) is 23.5 Å². The number of hydrogen-bond acceptors (Lipinski definition) is 12. The first-order valence-electron chi connectivity index (χ1n) is 20.9. The molecule has 3 unspecified atom stereocenters. The highest BCUT2D eigenvalue weighted by atomic mass is 16.6. The zero-order valence-electron chi connectivity index (χ0n) is 32.8. The lowest BCUT2D eigenvalue weighted by Gasteiger charge is -2.57. The Bertz CT molecular complexity index is 1290. The molecule has 0 aromatic heterocycles. The molecule has 4 N–H and O–H groups in total. The number of ether oxygens (including phenoxy) is 8. The van der Waals surface area contributed by atoms with Gasteiger partial charge >= 0.3 is 0 Å². The molecular weight excluding hydrogens is 694 g/mol. The quantitative estimate of drug-likeness (QED) is 0.336. The monoisotopic (exact) mass is 761 g/mol. The SMILES string of the molecule is C=C1C[C@@H]2CC[C@@H](OC)C[C@@H](O)[C@@H]3CC4C3OC3CC[C@H](CC(=O)C[C@@H]5[C@@H](OC)[C@@H](C[C@@H](CN)OC)O[C@H]5C[C@H]5O[C@H](CCC5=C)CC[C@@H]1O2)O[C@@H]3[C@@H]4O. The Morgan fingerprint density at radius 2 is 1.48 bits per heavy atom. The minimum Gasteiger partial charge on any atom is -0.393 e. The minimum atomic E-state index is -0.706. The van der Waals surface area contributed by atoms with Gasteiger partial charge in [-0.25, -0.2) is 0 Å². The summed E-state index contributed by atoms with van der Waals surface area (Å²) in [4.78, 5) is 14.0. The fourth-order valence-electron chi connectivity index (χ4n) is 10.9. The van der Waals surface area contributed by atoms with Crippen LogP contribution in [0.4, 0.5) is 0 Å². The number of hydrogen-bond donors (Lipinski definition) is 3. The van der Waals surface area contributed by atoms with Crippen LogP contribution in [0.15, 0.2) is 24.3 Å². The molecule has 7 saturated heterocycles. The van der Waals surface area contributed by atoms with E-state index >= 15 is 0 Å². The molecule has 1 aliphatic carbocycles. The topological polar surface area (TPSA) is 157 Å². The minimum absolute atomic E-state index is 0.00898. The van der Waals surface area contributed by atoms with E-state index in [-0.39, 0.29) is 110 Å². The molecule has 0 radical (unpaired) electrons. The van der Waals surface area contributed by atoms with Crippen molar-refractivity contribution in [3.05, 3.63) is 24.3 Å². The summed E-state index contributed by atoms with van der Waals surface area (Å²) < 4.78 is 50.7. The smallest absolute Gasteiger partial charge is 0.135 e. The van der Waals surface area contributed by atoms with E-state index in [4.69, 9.17) is 43.6 Å². The Morgan fingerprint density at radius 1 is 0.722 bits per heavy atom. The van der Waals surface area contributed by atoms with Gasteiger partial charge < -0.3 is 53.8 Å². The van der Waals surface area contributed by atoms with E-state index in [1.165, 1.54) is 0 Å². The third kappa shape index (κ3) is 8.89. The summed E-state index contributed by atoms with van der Waals surface area (Å²) in [6, 6.07) is 0. The average Bonchev–Trinajstić information content (AvgIpc) is 3.67. The predicted octanol–water partition coefficient (Wildman–Crippen LogP) is 3.96. The lowest BCUT2D eigenvalue weighted by atomic mass is 9.62. The number of rotatable bonds is 6. The molecule has 1 saturated carbocycles. The number of fused-ring (bicyclic) bond motifs is 8. The summed E-state index contributed by atoms with van der Waals surface area (Å²) in [5, 5.41) is 22.9. The van der Waals surface area contributed by atoms with Crippen LogP contribution in [0.3, 0.4) is 0 Å². The first kappa shape index (κ1) is 40.9. The maximum Gasteiger partial charge on any atom is 0.135 e. The molecule has 7 aliphatic heterocycles. The lowest BCUT2D eigenvalue weighted by molar-refractivity contribution is -0.296. The Balaban J connectivity index is 1.09. The summed E-state index contributed by atoms with van der Waals surface area (Å²) >= 11 is 0. The van der Waals surface area contributed by atoms with Gasteiger partial charge in [0.15, 0.2) is 0 Å². The number of methoxy groups -OCH3 is 3. The number of Topliss-reactive ketones (excluding diaryl/α,β-unsaturated/α-hetero) is 1. The van der Waals surface area contributed by atoms with Gasteiger partial charge in [0.2, 0.25) is 0 Å². The third-order valence-electron chi connectivity index (χ3n) is 14.1. The van der Waals surface area contributed by atoms with Crippen LogP contribution in [0, 0.1) is 17.8 Å². The highest BCUT2D eigenvalue weighted by Gasteiger charge is 2.58. The number of carbonyl (C=O) groups is 1. The molecule has 8 fully saturated rings. The molecule has 306 valence electrons. The van der Waals surface area contributed by atoms with Gasteiger partial charge in [0.05, 0.1) is 85.5 Å². The first-order chi connectivity index (χ1) is 26.1. The van der Waals surface area contributed by atoms with Crippen molar-refractivity contribution in [2.45, 2.75) is 188 Å². The molecule has 8 rings (SSSR count). The molecule has 10 bridgehead atoms. The van der Waals surface area contributed by atoms with Crippen LogP contribution < -0.4 is 5.73 Å². The van der Waals surface area contributed by atoms with Crippen LogP contribution in [-0.4, -0.2) is 135 Å². The maximum atomic E-state index is 14.0. The van der Waals surface area contributed by atoms with Crippen molar-refractivity contribution >= 4 is 5.78 Å². The molecule has 0 aromatic carbocycles. The Kier molecular flexibility index (Phi) is 13.7. The van der Waals surface area contributed by atoms with Crippen molar-refractivity contribution in [2.75, 3.05) is 27.9 Å². The molecule has 0 spiro atoms. The van der Waals surface area contributed by atoms with Gasteiger partial charge in [-0.15, -0.1) is 0 Å². The molecule has 8 aliphatic rings. The fraction of sp³-hybridized carbons (Fsp3) is 0.881. The summed E-state index contributed by atoms with van der Waals surface area (Å²) in [5.74, 6) is -0.272. The van der Waals surface area contributed by atoms with Crippen molar-refractivity contribution < 1.29 is 52.9 Å². The van der Waals surface area contributed by atoms with Crippen molar-refractivity contribution in [3.8, 4) is 0 Å². The Labute approximate surface area is 321 Å². The first-order valence-corrected chi connectivity index (χ1v) is 20.9. The highest BCUT2D eigenvalue weighted by Crippen LogP contribution is 2.50. The Hall–Kier alpha value is -1.29. The van der Waals surface area contributed by atoms with Gasteiger partial charge in [-0.1, -0.05) is 13.2 Å². The van der Waals surface area contributed by atoms with E-state index in [9.17, 15) is 15.0 Å². The van der Waals surface area contributed by atoms with Gasteiger partial charge in [-0.05, 0) is 81.8 Å². The molecule has 12 nitrogen and oxygen atoms in total. The molecular formula is C42H67NO11. The zero-order chi connectivity index (χ0) is 38.1. The van der Waals surface area contributed by atoms with Crippen molar-refractivity contribution in [3.63, 3.8) is 0 Å². The van der Waals surface area contributed by atoms with Crippen molar-refractivity contribution in [1.29, 1.82) is 0 Å². The van der Waals surface area contributed by atoms with E-state index in [1.807, 2.05) is 0 Å². The maximum absolute atomic E-state index is 14.0. The highest BCUT2D eigenvalue weighted by molar-refractivity contribution is 5.79. The van der Waals surface area contributed by atoms with Gasteiger partial charge in [-0.2, -0.15) is 0 Å². The second kappa shape index (κ2) is 18.1. The van der Waals surface area contributed by atoms with Crippen LogP contribution in [0.25, 0.3) is 0 Å². The predicted molar refractivity (Wildman–Crippen MR) is 200 cm³/mol. The van der Waals surface area contributed by atoms with Crippen LogP contribution in [-0.2, 0) is 42.7 Å². The number of aliphatic hydroxyl groups is 2. The summed E-state index contributed by atoms with van der Waals surface area (Å²) in [6.45, 7) is 9.15.